The first-order valence-corrected chi connectivity index (χ1v) is 14.3. The number of anilines is 1. The average molecular weight is 527 g/mol. The third-order valence-corrected chi connectivity index (χ3v) is 8.98. The van der Waals surface area contributed by atoms with Crippen LogP contribution in [0.25, 0.3) is 11.0 Å². The lowest BCUT2D eigenvalue weighted by atomic mass is 9.90. The van der Waals surface area contributed by atoms with E-state index < -0.39 is 10.0 Å². The van der Waals surface area contributed by atoms with Gasteiger partial charge in [-0.1, -0.05) is 0 Å². The lowest BCUT2D eigenvalue weighted by Gasteiger charge is -2.31. The van der Waals surface area contributed by atoms with Crippen LogP contribution in [0.5, 0.6) is 5.75 Å². The summed E-state index contributed by atoms with van der Waals surface area (Å²) in [7, 11) is -3.58. The molecule has 0 amide bonds. The number of morpholine rings is 1. The van der Waals surface area contributed by atoms with Gasteiger partial charge in [-0.15, -0.1) is 0 Å². The zero-order valence-corrected chi connectivity index (χ0v) is 22.2. The largest absolute Gasteiger partial charge is 0.491 e. The van der Waals surface area contributed by atoms with Gasteiger partial charge in [-0.2, -0.15) is 4.31 Å². The minimum Gasteiger partial charge on any atom is -0.491 e. The molecule has 0 atom stereocenters. The van der Waals surface area contributed by atoms with E-state index in [0.717, 1.165) is 41.8 Å². The van der Waals surface area contributed by atoms with Gasteiger partial charge in [0.25, 0.3) is 0 Å². The van der Waals surface area contributed by atoms with Crippen molar-refractivity contribution in [3.8, 4) is 5.75 Å². The number of hydrogen-bond acceptors (Lipinski definition) is 7. The van der Waals surface area contributed by atoms with E-state index in [2.05, 4.69) is 11.0 Å². The third-order valence-electron chi connectivity index (χ3n) is 7.07. The maximum atomic E-state index is 13.3. The SMILES string of the molecule is CC(C)Oc1ccc(S(=O)(=O)N2CCC(c3cn(CC=O)c4nc(N5CCOCC5)ccc34)CC2)cc1. The highest BCUT2D eigenvalue weighted by Crippen LogP contribution is 2.36. The molecular weight excluding hydrogens is 492 g/mol. The Kier molecular flexibility index (Phi) is 7.50. The Morgan fingerprint density at radius 2 is 1.76 bits per heavy atom. The van der Waals surface area contributed by atoms with Crippen LogP contribution in [0.4, 0.5) is 5.82 Å². The predicted octanol–water partition coefficient (Wildman–Crippen LogP) is 3.43. The Morgan fingerprint density at radius 1 is 1.05 bits per heavy atom. The molecule has 198 valence electrons. The van der Waals surface area contributed by atoms with E-state index in [0.29, 0.717) is 44.9 Å². The minimum atomic E-state index is -3.58. The summed E-state index contributed by atoms with van der Waals surface area (Å²) in [4.78, 5) is 18.8. The van der Waals surface area contributed by atoms with E-state index in [9.17, 15) is 13.2 Å². The second kappa shape index (κ2) is 10.8. The number of carbonyl (C=O) groups is 1. The summed E-state index contributed by atoms with van der Waals surface area (Å²) in [6.45, 7) is 7.93. The summed E-state index contributed by atoms with van der Waals surface area (Å²) in [6, 6.07) is 10.8. The fraction of sp³-hybridized carbons (Fsp3) is 0.481. The van der Waals surface area contributed by atoms with Gasteiger partial charge in [-0.25, -0.2) is 13.4 Å². The lowest BCUT2D eigenvalue weighted by molar-refractivity contribution is -0.108. The van der Waals surface area contributed by atoms with Crippen LogP contribution in [-0.4, -0.2) is 74.1 Å². The fourth-order valence-electron chi connectivity index (χ4n) is 5.21. The minimum absolute atomic E-state index is 0.0279. The van der Waals surface area contributed by atoms with E-state index >= 15 is 0 Å². The first kappa shape index (κ1) is 25.7. The summed E-state index contributed by atoms with van der Waals surface area (Å²) in [5, 5.41) is 1.03. The molecule has 2 saturated heterocycles. The van der Waals surface area contributed by atoms with Crippen molar-refractivity contribution in [2.24, 2.45) is 0 Å². The molecule has 2 aromatic heterocycles. The quantitative estimate of drug-likeness (QED) is 0.415. The summed E-state index contributed by atoms with van der Waals surface area (Å²) >= 11 is 0. The molecule has 4 heterocycles. The Labute approximate surface area is 218 Å². The molecule has 0 N–H and O–H groups in total. The summed E-state index contributed by atoms with van der Waals surface area (Å²) < 4.78 is 41.1. The molecule has 0 radical (unpaired) electrons. The Hall–Kier alpha value is -2.95. The lowest BCUT2D eigenvalue weighted by Crippen LogP contribution is -2.37. The van der Waals surface area contributed by atoms with Crippen LogP contribution >= 0.6 is 0 Å². The summed E-state index contributed by atoms with van der Waals surface area (Å²) in [5.41, 5.74) is 1.93. The fourth-order valence-corrected chi connectivity index (χ4v) is 6.68. The normalized spacial score (nSPS) is 18.0. The Bertz CT molecular complexity index is 1340. The number of benzene rings is 1. The van der Waals surface area contributed by atoms with E-state index in [-0.39, 0.29) is 23.5 Å². The van der Waals surface area contributed by atoms with Crippen LogP contribution in [0.1, 0.15) is 38.2 Å². The first-order chi connectivity index (χ1) is 17.9. The Morgan fingerprint density at radius 3 is 2.41 bits per heavy atom. The standard InChI is InChI=1S/C27H34N4O5S/c1-20(2)36-22-3-5-23(6-4-22)37(33,34)31-11-9-21(10-12-31)25-19-30(13-16-32)27-24(25)7-8-26(28-27)29-14-17-35-18-15-29/h3-8,16,19-21H,9-15,17-18H2,1-2H3. The highest BCUT2D eigenvalue weighted by atomic mass is 32.2. The molecule has 0 aliphatic carbocycles. The molecular formula is C27H34N4O5S. The third kappa shape index (κ3) is 5.37. The number of sulfonamides is 1. The number of ether oxygens (including phenoxy) is 2. The van der Waals surface area contributed by atoms with Gasteiger partial charge >= 0.3 is 0 Å². The molecule has 2 aliphatic rings. The van der Waals surface area contributed by atoms with Crippen LogP contribution in [0.2, 0.25) is 0 Å². The smallest absolute Gasteiger partial charge is 0.243 e. The van der Waals surface area contributed by atoms with Crippen molar-refractivity contribution in [2.75, 3.05) is 44.3 Å². The monoisotopic (exact) mass is 526 g/mol. The number of carbonyl (C=O) groups excluding carboxylic acids is 1. The number of pyridine rings is 1. The summed E-state index contributed by atoms with van der Waals surface area (Å²) in [5.74, 6) is 1.74. The Balaban J connectivity index is 1.33. The van der Waals surface area contributed by atoms with E-state index in [1.54, 1.807) is 28.6 Å². The molecule has 2 fully saturated rings. The molecule has 1 aromatic carbocycles. The molecule has 10 heteroatoms. The average Bonchev–Trinajstić information content (AvgIpc) is 3.27. The van der Waals surface area contributed by atoms with Gasteiger partial charge in [0.15, 0.2) is 0 Å². The van der Waals surface area contributed by atoms with E-state index in [4.69, 9.17) is 14.5 Å². The molecule has 3 aromatic rings. The first-order valence-electron chi connectivity index (χ1n) is 12.9. The van der Waals surface area contributed by atoms with Crippen molar-refractivity contribution in [1.82, 2.24) is 13.9 Å². The molecule has 37 heavy (non-hydrogen) atoms. The van der Waals surface area contributed by atoms with Gasteiger partial charge in [0.1, 0.15) is 23.5 Å². The van der Waals surface area contributed by atoms with Gasteiger partial charge in [0, 0.05) is 37.8 Å². The molecule has 2 aliphatic heterocycles. The van der Waals surface area contributed by atoms with Crippen molar-refractivity contribution < 1.29 is 22.7 Å². The maximum Gasteiger partial charge on any atom is 0.243 e. The highest BCUT2D eigenvalue weighted by Gasteiger charge is 2.31. The van der Waals surface area contributed by atoms with Crippen molar-refractivity contribution in [3.63, 3.8) is 0 Å². The van der Waals surface area contributed by atoms with Crippen LogP contribution in [0.3, 0.4) is 0 Å². The predicted molar refractivity (Wildman–Crippen MR) is 142 cm³/mol. The van der Waals surface area contributed by atoms with Gasteiger partial charge in [0.05, 0.1) is 30.8 Å². The van der Waals surface area contributed by atoms with Gasteiger partial charge in [0.2, 0.25) is 10.0 Å². The van der Waals surface area contributed by atoms with Crippen molar-refractivity contribution in [2.45, 2.75) is 50.2 Å². The van der Waals surface area contributed by atoms with Gasteiger partial charge in [-0.05, 0) is 74.6 Å². The number of aldehydes is 1. The second-order valence-electron chi connectivity index (χ2n) is 9.86. The highest BCUT2D eigenvalue weighted by molar-refractivity contribution is 7.89. The molecule has 0 spiro atoms. The zero-order chi connectivity index (χ0) is 26.0. The number of rotatable bonds is 8. The van der Waals surface area contributed by atoms with Crippen LogP contribution in [0.15, 0.2) is 47.5 Å². The number of piperidine rings is 1. The number of fused-ring (bicyclic) bond motifs is 1. The van der Waals surface area contributed by atoms with Gasteiger partial charge < -0.3 is 23.7 Å². The van der Waals surface area contributed by atoms with E-state index in [1.165, 1.54) is 0 Å². The van der Waals surface area contributed by atoms with Crippen LogP contribution in [-0.2, 0) is 26.1 Å². The van der Waals surface area contributed by atoms with E-state index in [1.807, 2.05) is 30.7 Å². The number of aromatic nitrogens is 2. The maximum absolute atomic E-state index is 13.3. The van der Waals surface area contributed by atoms with Crippen molar-refractivity contribution in [1.29, 1.82) is 0 Å². The zero-order valence-electron chi connectivity index (χ0n) is 21.4. The molecule has 0 unspecified atom stereocenters. The van der Waals surface area contributed by atoms with Crippen LogP contribution in [0, 0.1) is 0 Å². The summed E-state index contributed by atoms with van der Waals surface area (Å²) in [6.07, 6.45) is 4.36. The van der Waals surface area contributed by atoms with Crippen molar-refractivity contribution >= 4 is 33.2 Å². The number of hydrogen-bond donors (Lipinski definition) is 0. The van der Waals surface area contributed by atoms with Gasteiger partial charge in [-0.3, -0.25) is 0 Å². The molecule has 0 bridgehead atoms. The number of nitrogens with zero attached hydrogens (tertiary/aromatic N) is 4. The van der Waals surface area contributed by atoms with Crippen LogP contribution < -0.4 is 9.64 Å². The molecule has 0 saturated carbocycles. The molecule has 5 rings (SSSR count). The molecule has 9 nitrogen and oxygen atoms in total. The second-order valence-corrected chi connectivity index (χ2v) is 11.8. The van der Waals surface area contributed by atoms with Crippen molar-refractivity contribution in [3.05, 3.63) is 48.2 Å². The topological polar surface area (TPSA) is 94.0 Å².